The van der Waals surface area contributed by atoms with Gasteiger partial charge in [-0.15, -0.1) is 0 Å². The molecule has 7 nitrogen and oxygen atoms in total. The van der Waals surface area contributed by atoms with Gasteiger partial charge in [-0.25, -0.2) is 9.78 Å². The Labute approximate surface area is 217 Å². The normalized spacial score (nSPS) is 13.5. The van der Waals surface area contributed by atoms with E-state index in [4.69, 9.17) is 32.7 Å². The highest BCUT2D eigenvalue weighted by molar-refractivity contribution is 6.39. The molecule has 1 aliphatic heterocycles. The molecule has 0 fully saturated rings. The summed E-state index contributed by atoms with van der Waals surface area (Å²) in [4.78, 5) is 32.2. The molecule has 35 heavy (non-hydrogen) atoms. The van der Waals surface area contributed by atoms with Gasteiger partial charge in [-0.05, 0) is 70.7 Å². The molecule has 9 heteroatoms. The minimum absolute atomic E-state index is 0.142. The number of rotatable bonds is 7. The number of anilines is 1. The van der Waals surface area contributed by atoms with Crippen LogP contribution in [0.1, 0.15) is 73.3 Å². The summed E-state index contributed by atoms with van der Waals surface area (Å²) in [5.74, 6) is 0.296. The number of nitrogens with zero attached hydrogens (tertiary/aromatic N) is 2. The van der Waals surface area contributed by atoms with Crippen molar-refractivity contribution in [1.29, 1.82) is 0 Å². The summed E-state index contributed by atoms with van der Waals surface area (Å²) in [7, 11) is 0. The second kappa shape index (κ2) is 11.0. The number of aryl methyl sites for hydroxylation is 2. The molecule has 1 N–H and O–H groups in total. The van der Waals surface area contributed by atoms with Gasteiger partial charge in [-0.1, -0.05) is 36.5 Å². The van der Waals surface area contributed by atoms with Gasteiger partial charge in [0.15, 0.2) is 0 Å². The van der Waals surface area contributed by atoms with Gasteiger partial charge in [0.1, 0.15) is 5.60 Å². The molecule has 1 aromatic carbocycles. The summed E-state index contributed by atoms with van der Waals surface area (Å²) < 4.78 is 11.3. The molecule has 0 atom stereocenters. The number of unbranched alkanes of at least 4 members (excludes halogenated alkanes) is 1. The SMILES string of the molecule is CCCCOc1nc(C)cc(C)c1CN1CCc2c(Cl)cc(NC(=O)OC(C)(C)C)c(Cl)c2C1=O. The minimum Gasteiger partial charge on any atom is -0.477 e. The molecule has 1 aromatic heterocycles. The Hall–Kier alpha value is -2.51. The molecule has 0 unspecified atom stereocenters. The van der Waals surface area contributed by atoms with Crippen LogP contribution in [0, 0.1) is 13.8 Å². The van der Waals surface area contributed by atoms with Gasteiger partial charge in [0.2, 0.25) is 5.88 Å². The lowest BCUT2D eigenvalue weighted by molar-refractivity contribution is 0.0634. The summed E-state index contributed by atoms with van der Waals surface area (Å²) in [6.07, 6.45) is 1.80. The number of carbonyl (C=O) groups excluding carboxylic acids is 2. The lowest BCUT2D eigenvalue weighted by Crippen LogP contribution is -2.38. The van der Waals surface area contributed by atoms with Crippen LogP contribution in [-0.4, -0.2) is 40.6 Å². The van der Waals surface area contributed by atoms with Crippen LogP contribution >= 0.6 is 23.2 Å². The highest BCUT2D eigenvalue weighted by Gasteiger charge is 2.32. The summed E-state index contributed by atoms with van der Waals surface area (Å²) in [5, 5.41) is 3.13. The van der Waals surface area contributed by atoms with Gasteiger partial charge >= 0.3 is 6.09 Å². The van der Waals surface area contributed by atoms with E-state index in [1.54, 1.807) is 31.7 Å². The molecule has 0 spiro atoms. The van der Waals surface area contributed by atoms with Crippen molar-refractivity contribution in [3.8, 4) is 5.88 Å². The average molecular weight is 522 g/mol. The monoisotopic (exact) mass is 521 g/mol. The fourth-order valence-electron chi connectivity index (χ4n) is 3.94. The first kappa shape index (κ1) is 27.1. The second-order valence-electron chi connectivity index (χ2n) is 9.74. The molecule has 2 heterocycles. The highest BCUT2D eigenvalue weighted by Crippen LogP contribution is 2.38. The van der Waals surface area contributed by atoms with Gasteiger partial charge in [0.25, 0.3) is 5.91 Å². The number of hydrogen-bond donors (Lipinski definition) is 1. The Morgan fingerprint density at radius 1 is 1.23 bits per heavy atom. The molecular formula is C26H33Cl2N3O4. The van der Waals surface area contributed by atoms with E-state index in [1.165, 1.54) is 0 Å². The molecule has 0 aliphatic carbocycles. The first-order valence-corrected chi connectivity index (χ1v) is 12.6. The Balaban J connectivity index is 1.90. The lowest BCUT2D eigenvalue weighted by atomic mass is 9.97. The molecule has 1 aliphatic rings. The number of halogens is 2. The molecule has 0 saturated heterocycles. The van der Waals surface area contributed by atoms with Crippen molar-refractivity contribution in [1.82, 2.24) is 9.88 Å². The molecule has 0 saturated carbocycles. The van der Waals surface area contributed by atoms with Crippen LogP contribution in [0.3, 0.4) is 0 Å². The van der Waals surface area contributed by atoms with Crippen molar-refractivity contribution >= 4 is 40.9 Å². The van der Waals surface area contributed by atoms with E-state index in [0.29, 0.717) is 48.1 Å². The molecule has 0 radical (unpaired) electrons. The van der Waals surface area contributed by atoms with Crippen LogP contribution in [0.4, 0.5) is 10.5 Å². The maximum absolute atomic E-state index is 13.6. The van der Waals surface area contributed by atoms with Gasteiger partial charge in [0.05, 0.1) is 29.4 Å². The number of benzene rings is 1. The number of carbonyl (C=O) groups is 2. The van der Waals surface area contributed by atoms with Gasteiger partial charge in [-0.2, -0.15) is 0 Å². The zero-order valence-electron chi connectivity index (χ0n) is 21.2. The van der Waals surface area contributed by atoms with Crippen LogP contribution in [0.2, 0.25) is 10.0 Å². The molecule has 2 amide bonds. The van der Waals surface area contributed by atoms with Crippen molar-refractivity contribution in [3.63, 3.8) is 0 Å². The van der Waals surface area contributed by atoms with Crippen LogP contribution in [-0.2, 0) is 17.7 Å². The van der Waals surface area contributed by atoms with Crippen molar-refractivity contribution in [2.45, 2.75) is 73.0 Å². The van der Waals surface area contributed by atoms with Crippen molar-refractivity contribution in [3.05, 3.63) is 50.1 Å². The van der Waals surface area contributed by atoms with Gasteiger partial charge in [-0.3, -0.25) is 10.1 Å². The van der Waals surface area contributed by atoms with E-state index in [2.05, 4.69) is 17.2 Å². The van der Waals surface area contributed by atoms with Gasteiger partial charge < -0.3 is 14.4 Å². The number of amides is 2. The number of nitrogens with one attached hydrogen (secondary N) is 1. The molecule has 3 rings (SSSR count). The number of ether oxygens (including phenoxy) is 2. The molecular weight excluding hydrogens is 489 g/mol. The largest absolute Gasteiger partial charge is 0.477 e. The average Bonchev–Trinajstić information content (AvgIpc) is 2.73. The van der Waals surface area contributed by atoms with E-state index < -0.39 is 11.7 Å². The Bertz CT molecular complexity index is 1130. The fourth-order valence-corrected chi connectivity index (χ4v) is 4.53. The Morgan fingerprint density at radius 3 is 2.60 bits per heavy atom. The number of fused-ring (bicyclic) bond motifs is 1. The zero-order chi connectivity index (χ0) is 25.9. The van der Waals surface area contributed by atoms with Crippen molar-refractivity contribution < 1.29 is 19.1 Å². The predicted molar refractivity (Wildman–Crippen MR) is 139 cm³/mol. The van der Waals surface area contributed by atoms with E-state index in [-0.39, 0.29) is 16.6 Å². The number of aromatic nitrogens is 1. The summed E-state index contributed by atoms with van der Waals surface area (Å²) in [6, 6.07) is 3.54. The molecule has 2 aromatic rings. The Morgan fingerprint density at radius 2 is 1.94 bits per heavy atom. The Kier molecular flexibility index (Phi) is 8.54. The van der Waals surface area contributed by atoms with Crippen molar-refractivity contribution in [2.24, 2.45) is 0 Å². The second-order valence-corrected chi connectivity index (χ2v) is 10.5. The standard InChI is InChI=1S/C26H33Cl2N3O4/c1-7-8-11-34-23-18(15(2)12-16(3)29-23)14-31-10-9-17-19(27)13-20(22(28)21(17)24(31)32)30-25(33)35-26(4,5)6/h12-13H,7-11,14H2,1-6H3,(H,30,33). The third-order valence-corrected chi connectivity index (χ3v) is 6.34. The smallest absolute Gasteiger partial charge is 0.412 e. The maximum Gasteiger partial charge on any atom is 0.412 e. The number of hydrogen-bond acceptors (Lipinski definition) is 5. The molecule has 190 valence electrons. The summed E-state index contributed by atoms with van der Waals surface area (Å²) >= 11 is 13.1. The van der Waals surface area contributed by atoms with Gasteiger partial charge in [0, 0.05) is 22.8 Å². The van der Waals surface area contributed by atoms with Crippen LogP contribution in [0.25, 0.3) is 0 Å². The quantitative estimate of drug-likeness (QED) is 0.408. The summed E-state index contributed by atoms with van der Waals surface area (Å²) in [6.45, 7) is 12.7. The first-order chi connectivity index (χ1) is 16.4. The zero-order valence-corrected chi connectivity index (χ0v) is 22.7. The topological polar surface area (TPSA) is 80.8 Å². The first-order valence-electron chi connectivity index (χ1n) is 11.8. The van der Waals surface area contributed by atoms with E-state index in [0.717, 1.165) is 29.7 Å². The number of pyridine rings is 1. The van der Waals surface area contributed by atoms with Crippen LogP contribution < -0.4 is 10.1 Å². The maximum atomic E-state index is 13.6. The third-order valence-electron chi connectivity index (χ3n) is 5.61. The van der Waals surface area contributed by atoms with E-state index in [1.807, 2.05) is 19.9 Å². The predicted octanol–water partition coefficient (Wildman–Crippen LogP) is 6.73. The van der Waals surface area contributed by atoms with E-state index >= 15 is 0 Å². The fraction of sp³-hybridized carbons (Fsp3) is 0.500. The van der Waals surface area contributed by atoms with Crippen molar-refractivity contribution in [2.75, 3.05) is 18.5 Å². The molecule has 0 bridgehead atoms. The summed E-state index contributed by atoms with van der Waals surface area (Å²) in [5.41, 5.74) is 3.25. The van der Waals surface area contributed by atoms with Crippen LogP contribution in [0.15, 0.2) is 12.1 Å². The lowest BCUT2D eigenvalue weighted by Gasteiger charge is -2.31. The minimum atomic E-state index is -0.683. The van der Waals surface area contributed by atoms with E-state index in [9.17, 15) is 9.59 Å². The third kappa shape index (κ3) is 6.58. The van der Waals surface area contributed by atoms with Crippen LogP contribution in [0.5, 0.6) is 5.88 Å². The highest BCUT2D eigenvalue weighted by atomic mass is 35.5.